The van der Waals surface area contributed by atoms with Crippen LogP contribution in [0.25, 0.3) is 0 Å². The molecule has 0 aliphatic carbocycles. The van der Waals surface area contributed by atoms with Gasteiger partial charge in [0.1, 0.15) is 5.60 Å². The van der Waals surface area contributed by atoms with Crippen LogP contribution in [0, 0.1) is 0 Å². The minimum absolute atomic E-state index is 0.116. The number of rotatable bonds is 1. The molecule has 1 aromatic rings. The van der Waals surface area contributed by atoms with Gasteiger partial charge in [-0.2, -0.15) is 0 Å². The van der Waals surface area contributed by atoms with Crippen molar-refractivity contribution in [3.05, 3.63) is 29.1 Å². The van der Waals surface area contributed by atoms with E-state index in [-0.39, 0.29) is 12.2 Å². The summed E-state index contributed by atoms with van der Waals surface area (Å²) in [5, 5.41) is 10.8. The van der Waals surface area contributed by atoms with E-state index in [1.54, 1.807) is 26.8 Å². The van der Waals surface area contributed by atoms with Crippen LogP contribution in [0.15, 0.2) is 12.1 Å². The largest absolute Gasteiger partial charge is 0.543 e. The number of carboxylic acids is 1. The lowest BCUT2D eigenvalue weighted by molar-refractivity contribution is -0.255. The molecule has 20 heavy (non-hydrogen) atoms. The molecule has 6 nitrogen and oxygen atoms in total. The fourth-order valence-corrected chi connectivity index (χ4v) is 2.01. The zero-order valence-corrected chi connectivity index (χ0v) is 11.8. The molecule has 0 saturated heterocycles. The van der Waals surface area contributed by atoms with Gasteiger partial charge < -0.3 is 19.5 Å². The number of carboxylic acid groups (broad SMARTS) is 1. The summed E-state index contributed by atoms with van der Waals surface area (Å²) < 4.78 is 5.30. The zero-order valence-electron chi connectivity index (χ0n) is 11.8. The molecule has 0 aromatic carbocycles. The van der Waals surface area contributed by atoms with Gasteiger partial charge in [0.05, 0.1) is 23.9 Å². The first kappa shape index (κ1) is 14.3. The van der Waals surface area contributed by atoms with E-state index in [9.17, 15) is 14.7 Å². The Bertz CT molecular complexity index is 549. The Kier molecular flexibility index (Phi) is 3.65. The maximum Gasteiger partial charge on any atom is 0.410 e. The highest BCUT2D eigenvalue weighted by Gasteiger charge is 2.26. The number of fused-ring (bicyclic) bond motifs is 1. The lowest BCUT2D eigenvalue weighted by Gasteiger charge is -2.30. The topological polar surface area (TPSA) is 82.6 Å². The number of hydrogen-bond acceptors (Lipinski definition) is 5. The van der Waals surface area contributed by atoms with Gasteiger partial charge >= 0.3 is 6.09 Å². The third-order valence-electron chi connectivity index (χ3n) is 2.92. The molecule has 0 fully saturated rings. The molecule has 0 saturated carbocycles. The second-order valence-corrected chi connectivity index (χ2v) is 5.74. The summed E-state index contributed by atoms with van der Waals surface area (Å²) in [6, 6.07) is 3.15. The van der Waals surface area contributed by atoms with Crippen LogP contribution in [0.2, 0.25) is 0 Å². The van der Waals surface area contributed by atoms with E-state index in [0.29, 0.717) is 18.7 Å². The molecule has 1 aliphatic rings. The summed E-state index contributed by atoms with van der Waals surface area (Å²) in [7, 11) is 0. The quantitative estimate of drug-likeness (QED) is 0.756. The first-order valence-electron chi connectivity index (χ1n) is 6.44. The van der Waals surface area contributed by atoms with Crippen molar-refractivity contribution in [1.82, 2.24) is 9.88 Å². The molecule has 0 radical (unpaired) electrons. The van der Waals surface area contributed by atoms with Gasteiger partial charge in [0.2, 0.25) is 0 Å². The minimum atomic E-state index is -1.32. The molecule has 1 amide bonds. The molecule has 1 aromatic heterocycles. The van der Waals surface area contributed by atoms with Crippen LogP contribution in [0.5, 0.6) is 0 Å². The van der Waals surface area contributed by atoms with Gasteiger partial charge in [-0.15, -0.1) is 0 Å². The van der Waals surface area contributed by atoms with Crippen molar-refractivity contribution >= 4 is 12.1 Å². The maximum atomic E-state index is 12.0. The van der Waals surface area contributed by atoms with E-state index < -0.39 is 17.7 Å². The standard InChI is InChI=1S/C14H18N2O4/c1-14(2,3)20-13(19)16-7-6-9-4-5-10(12(17)18)15-11(9)8-16/h4-5H,6-8H2,1-3H3,(H,17,18)/p-1. The second kappa shape index (κ2) is 5.11. The van der Waals surface area contributed by atoms with Crippen LogP contribution in [0.4, 0.5) is 4.79 Å². The van der Waals surface area contributed by atoms with Gasteiger partial charge in [0.15, 0.2) is 0 Å². The summed E-state index contributed by atoms with van der Waals surface area (Å²) in [4.78, 5) is 28.4. The maximum absolute atomic E-state index is 12.0. The van der Waals surface area contributed by atoms with Crippen LogP contribution >= 0.6 is 0 Å². The molecule has 0 spiro atoms. The molecule has 6 heteroatoms. The van der Waals surface area contributed by atoms with Gasteiger partial charge in [0.25, 0.3) is 0 Å². The number of ether oxygens (including phenoxy) is 1. The molecule has 2 rings (SSSR count). The molecule has 108 valence electrons. The average molecular weight is 277 g/mol. The van der Waals surface area contributed by atoms with Crippen molar-refractivity contribution < 1.29 is 19.4 Å². The van der Waals surface area contributed by atoms with Crippen LogP contribution in [0.3, 0.4) is 0 Å². The van der Waals surface area contributed by atoms with E-state index in [1.807, 2.05) is 0 Å². The lowest BCUT2D eigenvalue weighted by Crippen LogP contribution is -2.40. The Labute approximate surface area is 117 Å². The number of aromatic carboxylic acids is 1. The Balaban J connectivity index is 2.15. The smallest absolute Gasteiger partial charge is 0.410 e. The molecule has 0 bridgehead atoms. The van der Waals surface area contributed by atoms with Crippen molar-refractivity contribution in [2.24, 2.45) is 0 Å². The Morgan fingerprint density at radius 3 is 2.65 bits per heavy atom. The number of aromatic nitrogens is 1. The van der Waals surface area contributed by atoms with Crippen LogP contribution in [-0.4, -0.2) is 34.1 Å². The number of carbonyl (C=O) groups is 2. The first-order valence-corrected chi connectivity index (χ1v) is 6.44. The van der Waals surface area contributed by atoms with E-state index in [4.69, 9.17) is 4.74 Å². The normalized spacial score (nSPS) is 14.7. The minimum Gasteiger partial charge on any atom is -0.543 e. The third kappa shape index (κ3) is 3.26. The number of pyridine rings is 1. The molecule has 0 N–H and O–H groups in total. The Morgan fingerprint density at radius 2 is 2.05 bits per heavy atom. The van der Waals surface area contributed by atoms with E-state index in [1.165, 1.54) is 11.0 Å². The van der Waals surface area contributed by atoms with Crippen LogP contribution in [-0.2, 0) is 17.7 Å². The average Bonchev–Trinajstić information content (AvgIpc) is 2.35. The molecule has 1 aliphatic heterocycles. The zero-order chi connectivity index (χ0) is 14.9. The van der Waals surface area contributed by atoms with E-state index >= 15 is 0 Å². The molecule has 2 heterocycles. The monoisotopic (exact) mass is 277 g/mol. The second-order valence-electron chi connectivity index (χ2n) is 5.74. The van der Waals surface area contributed by atoms with Crippen molar-refractivity contribution in [3.63, 3.8) is 0 Å². The fraction of sp³-hybridized carbons (Fsp3) is 0.500. The van der Waals surface area contributed by atoms with Gasteiger partial charge in [0, 0.05) is 6.54 Å². The highest BCUT2D eigenvalue weighted by molar-refractivity contribution is 5.83. The summed E-state index contributed by atoms with van der Waals surface area (Å²) in [6.45, 7) is 6.19. The van der Waals surface area contributed by atoms with Crippen molar-refractivity contribution in [2.45, 2.75) is 39.3 Å². The Morgan fingerprint density at radius 1 is 1.35 bits per heavy atom. The van der Waals surface area contributed by atoms with Crippen LogP contribution in [0.1, 0.15) is 42.5 Å². The van der Waals surface area contributed by atoms with Gasteiger partial charge in [-0.25, -0.2) is 9.78 Å². The van der Waals surface area contributed by atoms with Crippen molar-refractivity contribution in [2.75, 3.05) is 6.54 Å². The van der Waals surface area contributed by atoms with E-state index in [2.05, 4.69) is 4.98 Å². The number of carbonyl (C=O) groups excluding carboxylic acids is 2. The summed E-state index contributed by atoms with van der Waals surface area (Å²) in [5.41, 5.74) is 0.867. The highest BCUT2D eigenvalue weighted by atomic mass is 16.6. The third-order valence-corrected chi connectivity index (χ3v) is 2.92. The fourth-order valence-electron chi connectivity index (χ4n) is 2.01. The predicted molar refractivity (Wildman–Crippen MR) is 68.9 cm³/mol. The first-order chi connectivity index (χ1) is 9.26. The lowest BCUT2D eigenvalue weighted by atomic mass is 10.0. The number of hydrogen-bond donors (Lipinski definition) is 0. The molecular formula is C14H17N2O4-. The molecule has 0 atom stereocenters. The summed E-state index contributed by atoms with van der Waals surface area (Å²) in [6.07, 6.45) is 0.221. The van der Waals surface area contributed by atoms with Crippen molar-refractivity contribution in [1.29, 1.82) is 0 Å². The van der Waals surface area contributed by atoms with Gasteiger partial charge in [-0.1, -0.05) is 6.07 Å². The summed E-state index contributed by atoms with van der Waals surface area (Å²) >= 11 is 0. The molecule has 0 unspecified atom stereocenters. The predicted octanol–water partition coefficient (Wildman–Crippen LogP) is 0.738. The highest BCUT2D eigenvalue weighted by Crippen LogP contribution is 2.20. The van der Waals surface area contributed by atoms with Crippen molar-refractivity contribution in [3.8, 4) is 0 Å². The van der Waals surface area contributed by atoms with Gasteiger partial charge in [-0.05, 0) is 38.8 Å². The Hall–Kier alpha value is -2.11. The summed E-state index contributed by atoms with van der Waals surface area (Å²) in [5.74, 6) is -1.32. The van der Waals surface area contributed by atoms with E-state index in [0.717, 1.165) is 5.56 Å². The van der Waals surface area contributed by atoms with Crippen LogP contribution < -0.4 is 5.11 Å². The number of amides is 1. The SMILES string of the molecule is CC(C)(C)OC(=O)N1CCc2ccc(C(=O)[O-])nc2C1. The van der Waals surface area contributed by atoms with Gasteiger partial charge in [-0.3, -0.25) is 0 Å². The molecular weight excluding hydrogens is 260 g/mol. The number of nitrogens with zero attached hydrogens (tertiary/aromatic N) is 2.